The Bertz CT molecular complexity index is 859. The average Bonchev–Trinajstić information content (AvgIpc) is 2.52. The fourth-order valence-electron chi connectivity index (χ4n) is 3.80. The van der Waals surface area contributed by atoms with Crippen LogP contribution in [0.5, 0.6) is 5.75 Å². The summed E-state index contributed by atoms with van der Waals surface area (Å²) in [6, 6.07) is 7.75. The third-order valence-electron chi connectivity index (χ3n) is 4.88. The standard InChI is InChI=1S/C20H21ClN2O2/c1-11-13(10-22)17(12-6-5-7-16(25-4)19(12)21)18-14(23-11)8-20(2,3)9-15(18)24/h5-7,17,23H,8-9H2,1-4H3. The molecule has 1 atom stereocenters. The van der Waals surface area contributed by atoms with Crippen molar-refractivity contribution in [2.24, 2.45) is 5.41 Å². The van der Waals surface area contributed by atoms with Crippen molar-refractivity contribution in [2.75, 3.05) is 7.11 Å². The predicted octanol–water partition coefficient (Wildman–Crippen LogP) is 4.48. The molecule has 2 aliphatic rings. The van der Waals surface area contributed by atoms with E-state index in [1.54, 1.807) is 13.2 Å². The molecule has 0 aromatic heterocycles. The Labute approximate surface area is 153 Å². The van der Waals surface area contributed by atoms with Crippen molar-refractivity contribution >= 4 is 17.4 Å². The Morgan fingerprint density at radius 3 is 2.72 bits per heavy atom. The minimum absolute atomic E-state index is 0.0721. The topological polar surface area (TPSA) is 62.1 Å². The molecule has 0 spiro atoms. The lowest BCUT2D eigenvalue weighted by atomic mass is 9.69. The Balaban J connectivity index is 2.24. The highest BCUT2D eigenvalue weighted by atomic mass is 35.5. The molecule has 0 radical (unpaired) electrons. The first-order valence-corrected chi connectivity index (χ1v) is 8.63. The number of methoxy groups -OCH3 is 1. The van der Waals surface area contributed by atoms with Gasteiger partial charge in [-0.25, -0.2) is 0 Å². The van der Waals surface area contributed by atoms with E-state index in [0.717, 1.165) is 23.4 Å². The van der Waals surface area contributed by atoms with Crippen molar-refractivity contribution < 1.29 is 9.53 Å². The van der Waals surface area contributed by atoms with Crippen LogP contribution < -0.4 is 10.1 Å². The highest BCUT2D eigenvalue weighted by Crippen LogP contribution is 2.48. The van der Waals surface area contributed by atoms with E-state index in [4.69, 9.17) is 16.3 Å². The van der Waals surface area contributed by atoms with Crippen LogP contribution in [-0.4, -0.2) is 12.9 Å². The molecule has 0 fully saturated rings. The van der Waals surface area contributed by atoms with Crippen molar-refractivity contribution in [3.05, 3.63) is 51.3 Å². The van der Waals surface area contributed by atoms with Crippen molar-refractivity contribution in [1.29, 1.82) is 5.26 Å². The van der Waals surface area contributed by atoms with Crippen LogP contribution in [0.25, 0.3) is 0 Å². The Kier molecular flexibility index (Phi) is 4.38. The number of rotatable bonds is 2. The SMILES string of the molecule is COc1cccc(C2C(C#N)=C(C)NC3=C2C(=O)CC(C)(C)C3)c1Cl. The van der Waals surface area contributed by atoms with Crippen LogP contribution in [0, 0.1) is 16.7 Å². The third-order valence-corrected chi connectivity index (χ3v) is 5.29. The second kappa shape index (κ2) is 6.24. The molecule has 3 rings (SSSR count). The lowest BCUT2D eigenvalue weighted by Crippen LogP contribution is -2.36. The summed E-state index contributed by atoms with van der Waals surface area (Å²) in [5.74, 6) is 0.161. The molecule has 0 bridgehead atoms. The summed E-state index contributed by atoms with van der Waals surface area (Å²) in [5.41, 5.74) is 3.51. The fraction of sp³-hybridized carbons (Fsp3) is 0.400. The number of ketones is 1. The minimum Gasteiger partial charge on any atom is -0.495 e. The van der Waals surface area contributed by atoms with Gasteiger partial charge >= 0.3 is 0 Å². The zero-order valence-electron chi connectivity index (χ0n) is 14.9. The van der Waals surface area contributed by atoms with Gasteiger partial charge < -0.3 is 10.1 Å². The zero-order valence-corrected chi connectivity index (χ0v) is 15.6. The van der Waals surface area contributed by atoms with E-state index in [2.05, 4.69) is 25.2 Å². The minimum atomic E-state index is -0.451. The van der Waals surface area contributed by atoms with Crippen LogP contribution >= 0.6 is 11.6 Å². The van der Waals surface area contributed by atoms with Gasteiger partial charge in [-0.2, -0.15) is 5.26 Å². The number of halogens is 1. The van der Waals surface area contributed by atoms with Crippen molar-refractivity contribution in [3.63, 3.8) is 0 Å². The lowest BCUT2D eigenvalue weighted by molar-refractivity contribution is -0.118. The van der Waals surface area contributed by atoms with E-state index in [0.29, 0.717) is 28.3 Å². The first-order chi connectivity index (χ1) is 11.8. The number of hydrogen-bond donors (Lipinski definition) is 1. The van der Waals surface area contributed by atoms with E-state index < -0.39 is 5.92 Å². The molecule has 25 heavy (non-hydrogen) atoms. The highest BCUT2D eigenvalue weighted by molar-refractivity contribution is 6.33. The Morgan fingerprint density at radius 2 is 2.08 bits per heavy atom. The maximum atomic E-state index is 13.0. The summed E-state index contributed by atoms with van der Waals surface area (Å²) >= 11 is 6.54. The zero-order chi connectivity index (χ0) is 18.4. The second-order valence-electron chi connectivity index (χ2n) is 7.41. The van der Waals surface area contributed by atoms with Crippen LogP contribution in [0.2, 0.25) is 5.02 Å². The summed E-state index contributed by atoms with van der Waals surface area (Å²) in [6.45, 7) is 6.04. The number of hydrogen-bond acceptors (Lipinski definition) is 4. The van der Waals surface area contributed by atoms with E-state index in [1.165, 1.54) is 0 Å². The van der Waals surface area contributed by atoms with Gasteiger partial charge in [-0.1, -0.05) is 37.6 Å². The molecule has 0 saturated carbocycles. The van der Waals surface area contributed by atoms with Crippen molar-refractivity contribution in [1.82, 2.24) is 5.32 Å². The molecule has 1 unspecified atom stereocenters. The molecule has 5 heteroatoms. The predicted molar refractivity (Wildman–Crippen MR) is 97.2 cm³/mol. The van der Waals surface area contributed by atoms with Gasteiger partial charge in [0.2, 0.25) is 0 Å². The van der Waals surface area contributed by atoms with Crippen LogP contribution in [0.15, 0.2) is 40.7 Å². The van der Waals surface area contributed by atoms with Gasteiger partial charge in [-0.15, -0.1) is 0 Å². The molecule has 0 saturated heterocycles. The van der Waals surface area contributed by atoms with Crippen LogP contribution in [0.3, 0.4) is 0 Å². The molecule has 130 valence electrons. The number of benzene rings is 1. The number of nitrogens with zero attached hydrogens (tertiary/aromatic N) is 1. The first-order valence-electron chi connectivity index (χ1n) is 8.25. The van der Waals surface area contributed by atoms with Gasteiger partial charge in [-0.3, -0.25) is 4.79 Å². The Hall–Kier alpha value is -2.25. The van der Waals surface area contributed by atoms with E-state index >= 15 is 0 Å². The maximum absolute atomic E-state index is 13.0. The van der Waals surface area contributed by atoms with Gasteiger partial charge in [0, 0.05) is 23.4 Å². The van der Waals surface area contributed by atoms with E-state index in [-0.39, 0.29) is 11.2 Å². The molecule has 1 aliphatic heterocycles. The molecule has 1 aromatic carbocycles. The fourth-order valence-corrected chi connectivity index (χ4v) is 4.12. The van der Waals surface area contributed by atoms with Crippen LogP contribution in [0.1, 0.15) is 45.1 Å². The van der Waals surface area contributed by atoms with Crippen LogP contribution in [-0.2, 0) is 4.79 Å². The first kappa shape index (κ1) is 17.6. The quantitative estimate of drug-likeness (QED) is 0.848. The summed E-state index contributed by atoms with van der Waals surface area (Å²) in [4.78, 5) is 13.0. The summed E-state index contributed by atoms with van der Waals surface area (Å²) in [7, 11) is 1.55. The van der Waals surface area contributed by atoms with Gasteiger partial charge in [0.15, 0.2) is 5.78 Å². The third kappa shape index (κ3) is 2.94. The van der Waals surface area contributed by atoms with Gasteiger partial charge in [0.05, 0.1) is 29.7 Å². The molecule has 0 amide bonds. The molecule has 1 heterocycles. The lowest BCUT2D eigenvalue weighted by Gasteiger charge is -2.39. The second-order valence-corrected chi connectivity index (χ2v) is 7.78. The number of carbonyl (C=O) groups is 1. The van der Waals surface area contributed by atoms with E-state index in [9.17, 15) is 10.1 Å². The number of ether oxygens (including phenoxy) is 1. The normalized spacial score (nSPS) is 22.2. The molecule has 1 aromatic rings. The summed E-state index contributed by atoms with van der Waals surface area (Å²) in [6.07, 6.45) is 1.23. The summed E-state index contributed by atoms with van der Waals surface area (Å²) in [5, 5.41) is 13.5. The van der Waals surface area contributed by atoms with Crippen LogP contribution in [0.4, 0.5) is 0 Å². The monoisotopic (exact) mass is 356 g/mol. The Morgan fingerprint density at radius 1 is 1.36 bits per heavy atom. The number of nitrogens with one attached hydrogen (secondary N) is 1. The van der Waals surface area contributed by atoms with Crippen molar-refractivity contribution in [3.8, 4) is 11.8 Å². The number of allylic oxidation sites excluding steroid dienone is 4. The molecule has 1 N–H and O–H groups in total. The van der Waals surface area contributed by atoms with Gasteiger partial charge in [0.1, 0.15) is 5.75 Å². The largest absolute Gasteiger partial charge is 0.495 e. The van der Waals surface area contributed by atoms with E-state index in [1.807, 2.05) is 19.1 Å². The average molecular weight is 357 g/mol. The molecular formula is C20H21ClN2O2. The molecule has 4 nitrogen and oxygen atoms in total. The highest BCUT2D eigenvalue weighted by Gasteiger charge is 2.41. The number of dihydropyridines is 1. The smallest absolute Gasteiger partial charge is 0.162 e. The molecule has 1 aliphatic carbocycles. The number of Topliss-reactive ketones (excluding diaryl/α,β-unsaturated/α-hetero) is 1. The molecular weight excluding hydrogens is 336 g/mol. The number of nitriles is 1. The summed E-state index contributed by atoms with van der Waals surface area (Å²) < 4.78 is 5.32. The van der Waals surface area contributed by atoms with Gasteiger partial charge in [-0.05, 0) is 30.4 Å². The van der Waals surface area contributed by atoms with Crippen molar-refractivity contribution in [2.45, 2.75) is 39.5 Å². The number of carbonyl (C=O) groups excluding carboxylic acids is 1. The van der Waals surface area contributed by atoms with Gasteiger partial charge in [0.25, 0.3) is 0 Å². The maximum Gasteiger partial charge on any atom is 0.162 e.